The van der Waals surface area contributed by atoms with Crippen molar-refractivity contribution in [3.05, 3.63) is 95.1 Å². The second-order valence-electron chi connectivity index (χ2n) is 11.8. The van der Waals surface area contributed by atoms with Crippen molar-refractivity contribution in [3.63, 3.8) is 0 Å². The van der Waals surface area contributed by atoms with Crippen LogP contribution in [0, 0.1) is 27.7 Å². The third-order valence-corrected chi connectivity index (χ3v) is 8.45. The molecule has 0 unspecified atom stereocenters. The Morgan fingerprint density at radius 2 is 0.682 bits per heavy atom. The maximum atomic E-state index is 5.12. The van der Waals surface area contributed by atoms with E-state index < -0.39 is 0 Å². The highest BCUT2D eigenvalue weighted by Gasteiger charge is 2.22. The number of H-pyrrole nitrogens is 2. The first-order valence-electron chi connectivity index (χ1n) is 14.6. The van der Waals surface area contributed by atoms with Gasteiger partial charge in [0, 0.05) is 43.8 Å². The predicted molar refractivity (Wildman–Crippen MR) is 175 cm³/mol. The fraction of sp³-hybridized carbons (Fsp3) is 0.111. The Morgan fingerprint density at radius 1 is 0.341 bits per heavy atom. The highest BCUT2D eigenvalue weighted by molar-refractivity contribution is 6.06. The smallest absolute Gasteiger partial charge is 0.164 e. The van der Waals surface area contributed by atoms with Crippen molar-refractivity contribution >= 4 is 44.1 Å². The summed E-state index contributed by atoms with van der Waals surface area (Å²) in [5.74, 6) is 2.43. The SMILES string of the molecule is Cc1ccc2c(c1)-c1nc-2nc2[nH]c(nc3nc(nc4[nH]c(n1)c1cc(C)ccc41)-c1ccc(C)cc1-3)c1cc(C)ccc21. The average molecular weight is 571 g/mol. The summed E-state index contributed by atoms with van der Waals surface area (Å²) in [6, 6.07) is 25.2. The van der Waals surface area contributed by atoms with E-state index in [0.29, 0.717) is 45.9 Å². The van der Waals surface area contributed by atoms with Crippen LogP contribution in [0.3, 0.4) is 0 Å². The molecule has 7 aromatic rings. The van der Waals surface area contributed by atoms with Crippen LogP contribution in [0.2, 0.25) is 0 Å². The first-order chi connectivity index (χ1) is 21.4. The van der Waals surface area contributed by atoms with Crippen LogP contribution in [-0.2, 0) is 0 Å². The van der Waals surface area contributed by atoms with Crippen LogP contribution in [0.25, 0.3) is 89.7 Å². The average Bonchev–Trinajstić information content (AvgIpc) is 3.71. The number of nitrogens with one attached hydrogen (secondary N) is 2. The summed E-state index contributed by atoms with van der Waals surface area (Å²) in [5, 5.41) is 3.88. The first-order valence-corrected chi connectivity index (χ1v) is 14.6. The minimum absolute atomic E-state index is 0.605. The van der Waals surface area contributed by atoms with Crippen molar-refractivity contribution in [1.82, 2.24) is 39.9 Å². The molecule has 2 aliphatic rings. The molecule has 4 aromatic carbocycles. The molecule has 5 heterocycles. The minimum atomic E-state index is 0.605. The van der Waals surface area contributed by atoms with Gasteiger partial charge in [-0.3, -0.25) is 0 Å². The van der Waals surface area contributed by atoms with Crippen molar-refractivity contribution in [2.75, 3.05) is 0 Å². The van der Waals surface area contributed by atoms with Crippen LogP contribution in [-0.4, -0.2) is 39.9 Å². The molecule has 0 saturated heterocycles. The molecular weight excluding hydrogens is 544 g/mol. The van der Waals surface area contributed by atoms with Crippen LogP contribution in [0.4, 0.5) is 0 Å². The van der Waals surface area contributed by atoms with Crippen LogP contribution in [0.15, 0.2) is 72.8 Å². The van der Waals surface area contributed by atoms with E-state index in [1.165, 1.54) is 0 Å². The molecule has 8 bridgehead atoms. The largest absolute Gasteiger partial charge is 0.324 e. The zero-order chi connectivity index (χ0) is 29.7. The fourth-order valence-electron chi connectivity index (χ4n) is 6.25. The number of aromatic amines is 2. The lowest BCUT2D eigenvalue weighted by Crippen LogP contribution is -1.84. The summed E-state index contributed by atoms with van der Waals surface area (Å²) in [6.07, 6.45) is 0. The van der Waals surface area contributed by atoms with Crippen LogP contribution < -0.4 is 0 Å². The Hall–Kier alpha value is -5.76. The Morgan fingerprint density at radius 3 is 1.11 bits per heavy atom. The van der Waals surface area contributed by atoms with E-state index in [4.69, 9.17) is 29.9 Å². The molecule has 2 aliphatic heterocycles. The Bertz CT molecular complexity index is 2380. The molecule has 0 saturated carbocycles. The number of benzene rings is 4. The molecule has 8 nitrogen and oxygen atoms in total. The van der Waals surface area contributed by atoms with E-state index in [2.05, 4.69) is 110 Å². The van der Waals surface area contributed by atoms with Gasteiger partial charge in [0.15, 0.2) is 23.3 Å². The molecule has 0 amide bonds. The lowest BCUT2D eigenvalue weighted by atomic mass is 10.1. The molecule has 3 aromatic heterocycles. The van der Waals surface area contributed by atoms with Crippen molar-refractivity contribution in [1.29, 1.82) is 0 Å². The number of fused-ring (bicyclic) bond motifs is 20. The van der Waals surface area contributed by atoms with Gasteiger partial charge in [0.05, 0.1) is 0 Å². The summed E-state index contributed by atoms with van der Waals surface area (Å²) >= 11 is 0. The third kappa shape index (κ3) is 3.70. The molecule has 210 valence electrons. The second kappa shape index (κ2) is 8.87. The molecule has 44 heavy (non-hydrogen) atoms. The molecule has 9 rings (SSSR count). The summed E-state index contributed by atoms with van der Waals surface area (Å²) in [5.41, 5.74) is 11.1. The van der Waals surface area contributed by atoms with Gasteiger partial charge >= 0.3 is 0 Å². The zero-order valence-corrected chi connectivity index (χ0v) is 24.6. The van der Waals surface area contributed by atoms with Gasteiger partial charge in [-0.15, -0.1) is 0 Å². The normalized spacial score (nSPS) is 12.1. The van der Waals surface area contributed by atoms with Gasteiger partial charge in [-0.1, -0.05) is 70.8 Å². The van der Waals surface area contributed by atoms with Gasteiger partial charge in [-0.05, 0) is 52.0 Å². The minimum Gasteiger partial charge on any atom is -0.324 e. The summed E-state index contributed by atoms with van der Waals surface area (Å²) in [6.45, 7) is 8.32. The monoisotopic (exact) mass is 570 g/mol. The molecule has 0 atom stereocenters. The third-order valence-electron chi connectivity index (χ3n) is 8.45. The van der Waals surface area contributed by atoms with Crippen molar-refractivity contribution in [2.45, 2.75) is 27.7 Å². The van der Waals surface area contributed by atoms with Crippen molar-refractivity contribution in [2.24, 2.45) is 0 Å². The van der Waals surface area contributed by atoms with Gasteiger partial charge in [-0.25, -0.2) is 29.9 Å². The second-order valence-corrected chi connectivity index (χ2v) is 11.8. The van der Waals surface area contributed by atoms with Gasteiger partial charge < -0.3 is 9.97 Å². The molecule has 2 N–H and O–H groups in total. The van der Waals surface area contributed by atoms with Gasteiger partial charge in [0.25, 0.3) is 0 Å². The van der Waals surface area contributed by atoms with Crippen LogP contribution in [0.5, 0.6) is 0 Å². The van der Waals surface area contributed by atoms with E-state index in [1.807, 2.05) is 0 Å². The Kier molecular flexibility index (Phi) is 5.00. The number of aryl methyl sites for hydroxylation is 4. The lowest BCUT2D eigenvalue weighted by Gasteiger charge is -1.99. The number of hydrogen-bond donors (Lipinski definition) is 2. The quantitative estimate of drug-likeness (QED) is 0.191. The maximum absolute atomic E-state index is 5.12. The Balaban J connectivity index is 1.51. The predicted octanol–water partition coefficient (Wildman–Crippen LogP) is 8.10. The van der Waals surface area contributed by atoms with E-state index in [1.54, 1.807) is 0 Å². The Labute approximate surface area is 252 Å². The highest BCUT2D eigenvalue weighted by Crippen LogP contribution is 2.37. The topological polar surface area (TPSA) is 109 Å². The van der Waals surface area contributed by atoms with Gasteiger partial charge in [0.2, 0.25) is 0 Å². The van der Waals surface area contributed by atoms with E-state index in [0.717, 1.165) is 66.1 Å². The standard InChI is InChI=1S/C36H26N8/c1-17-5-9-21-25(13-17)33-39-29(21)37-30-23-11-7-19(3)15-27(23)35(41-30)44-36-28-16-20(4)8-12-24(28)32(42-36)38-31-22-10-6-18(2)14-26(22)34(40-31)43-33/h5-16H,1-4H3,(H2,37,38,39,40,41,42,43,44). The number of nitrogens with zero attached hydrogens (tertiary/aromatic N) is 6. The zero-order valence-electron chi connectivity index (χ0n) is 24.6. The molecule has 0 radical (unpaired) electrons. The highest BCUT2D eigenvalue weighted by atomic mass is 15.1. The fourth-order valence-corrected chi connectivity index (χ4v) is 6.25. The van der Waals surface area contributed by atoms with Crippen molar-refractivity contribution < 1.29 is 0 Å². The van der Waals surface area contributed by atoms with Gasteiger partial charge in [0.1, 0.15) is 22.6 Å². The van der Waals surface area contributed by atoms with Crippen molar-refractivity contribution in [3.8, 4) is 45.6 Å². The van der Waals surface area contributed by atoms with E-state index in [9.17, 15) is 0 Å². The molecule has 0 spiro atoms. The van der Waals surface area contributed by atoms with Crippen LogP contribution in [0.1, 0.15) is 22.3 Å². The molecular formula is C36H26N8. The van der Waals surface area contributed by atoms with Gasteiger partial charge in [-0.2, -0.15) is 0 Å². The first kappa shape index (κ1) is 24.8. The maximum Gasteiger partial charge on any atom is 0.164 e. The van der Waals surface area contributed by atoms with E-state index in [-0.39, 0.29) is 0 Å². The summed E-state index contributed by atoms with van der Waals surface area (Å²) in [4.78, 5) is 37.5. The summed E-state index contributed by atoms with van der Waals surface area (Å²) < 4.78 is 0. The number of rotatable bonds is 0. The number of aromatic nitrogens is 8. The lowest BCUT2D eigenvalue weighted by molar-refractivity contribution is 1.19. The van der Waals surface area contributed by atoms with E-state index >= 15 is 0 Å². The number of hydrogen-bond acceptors (Lipinski definition) is 6. The molecule has 0 aliphatic carbocycles. The summed E-state index contributed by atoms with van der Waals surface area (Å²) in [7, 11) is 0. The molecule has 0 fully saturated rings. The van der Waals surface area contributed by atoms with Crippen LogP contribution >= 0.6 is 0 Å². The molecule has 8 heteroatoms.